The van der Waals surface area contributed by atoms with Crippen LogP contribution in [-0.2, 0) is 10.3 Å². The van der Waals surface area contributed by atoms with E-state index in [1.807, 2.05) is 24.3 Å². The third-order valence-electron chi connectivity index (χ3n) is 3.55. The number of hydrogen-bond acceptors (Lipinski definition) is 2. The number of rotatable bonds is 3. The van der Waals surface area contributed by atoms with E-state index in [4.69, 9.17) is 0 Å². The molecule has 1 N–H and O–H groups in total. The molecular weight excluding hydrogens is 282 g/mol. The lowest BCUT2D eigenvalue weighted by Gasteiger charge is -2.35. The molecule has 3 nitrogen and oxygen atoms in total. The van der Waals surface area contributed by atoms with Gasteiger partial charge in [-0.05, 0) is 44.5 Å². The Hall–Kier alpha value is -0.870. The Balaban J connectivity index is 2.47. The van der Waals surface area contributed by atoms with Gasteiger partial charge in [-0.25, -0.2) is 4.79 Å². The molecule has 1 saturated heterocycles. The summed E-state index contributed by atoms with van der Waals surface area (Å²) in [6.45, 7) is 3.50. The topological polar surface area (TPSA) is 40.5 Å². The minimum Gasteiger partial charge on any atom is -0.480 e. The summed E-state index contributed by atoms with van der Waals surface area (Å²) in [7, 11) is 0. The highest BCUT2D eigenvalue weighted by Gasteiger charge is 2.43. The molecule has 1 aliphatic rings. The first-order chi connectivity index (χ1) is 8.06. The highest BCUT2D eigenvalue weighted by molar-refractivity contribution is 9.10. The van der Waals surface area contributed by atoms with Gasteiger partial charge in [0.25, 0.3) is 0 Å². The molecular formula is C13H16BrNO2. The largest absolute Gasteiger partial charge is 0.480 e. The van der Waals surface area contributed by atoms with Crippen molar-refractivity contribution in [1.29, 1.82) is 0 Å². The molecule has 1 aromatic carbocycles. The maximum atomic E-state index is 11.7. The van der Waals surface area contributed by atoms with Gasteiger partial charge in [-0.15, -0.1) is 0 Å². The van der Waals surface area contributed by atoms with E-state index in [1.54, 1.807) is 6.92 Å². The summed E-state index contributed by atoms with van der Waals surface area (Å²) in [5.41, 5.74) is -0.106. The van der Waals surface area contributed by atoms with Gasteiger partial charge in [-0.3, -0.25) is 4.90 Å². The van der Waals surface area contributed by atoms with Gasteiger partial charge in [-0.2, -0.15) is 0 Å². The Morgan fingerprint density at radius 2 is 1.94 bits per heavy atom. The fraction of sp³-hybridized carbons (Fsp3) is 0.462. The Morgan fingerprint density at radius 3 is 2.47 bits per heavy atom. The van der Waals surface area contributed by atoms with E-state index in [0.717, 1.165) is 36.0 Å². The summed E-state index contributed by atoms with van der Waals surface area (Å²) in [6.07, 6.45) is 2.15. The molecule has 0 radical (unpaired) electrons. The summed E-state index contributed by atoms with van der Waals surface area (Å²) in [4.78, 5) is 13.7. The molecule has 0 bridgehead atoms. The number of carboxylic acid groups (broad SMARTS) is 1. The number of carbonyl (C=O) groups is 1. The summed E-state index contributed by atoms with van der Waals surface area (Å²) in [5, 5.41) is 9.61. The van der Waals surface area contributed by atoms with E-state index in [0.29, 0.717) is 0 Å². The van der Waals surface area contributed by atoms with E-state index >= 15 is 0 Å². The van der Waals surface area contributed by atoms with Crippen molar-refractivity contribution < 1.29 is 9.90 Å². The number of hydrogen-bond donors (Lipinski definition) is 1. The predicted molar refractivity (Wildman–Crippen MR) is 69.9 cm³/mol. The Bertz CT molecular complexity index is 429. The number of aliphatic carboxylic acids is 1. The number of benzene rings is 1. The van der Waals surface area contributed by atoms with E-state index in [9.17, 15) is 9.90 Å². The fourth-order valence-electron chi connectivity index (χ4n) is 2.44. The van der Waals surface area contributed by atoms with Crippen LogP contribution in [0.2, 0.25) is 0 Å². The maximum Gasteiger partial charge on any atom is 0.328 e. The molecule has 0 spiro atoms. The van der Waals surface area contributed by atoms with Gasteiger partial charge in [0.05, 0.1) is 0 Å². The monoisotopic (exact) mass is 297 g/mol. The first kappa shape index (κ1) is 12.6. The third-order valence-corrected chi connectivity index (χ3v) is 4.24. The quantitative estimate of drug-likeness (QED) is 0.933. The number of nitrogens with zero attached hydrogens (tertiary/aromatic N) is 1. The van der Waals surface area contributed by atoms with Gasteiger partial charge >= 0.3 is 5.97 Å². The van der Waals surface area contributed by atoms with Crippen LogP contribution in [0.1, 0.15) is 25.3 Å². The van der Waals surface area contributed by atoms with Crippen LogP contribution in [0.4, 0.5) is 0 Å². The molecule has 0 amide bonds. The summed E-state index contributed by atoms with van der Waals surface area (Å²) in [6, 6.07) is 7.57. The van der Waals surface area contributed by atoms with Gasteiger partial charge in [0.2, 0.25) is 0 Å². The molecule has 1 heterocycles. The van der Waals surface area contributed by atoms with Gasteiger partial charge in [0.1, 0.15) is 5.54 Å². The van der Waals surface area contributed by atoms with Crippen LogP contribution in [0.3, 0.4) is 0 Å². The number of halogens is 1. The predicted octanol–water partition coefficient (Wildman–Crippen LogP) is 2.84. The SMILES string of the molecule is CC(C(=O)O)(c1ccccc1Br)N1CCCC1. The first-order valence-corrected chi connectivity index (χ1v) is 6.59. The lowest BCUT2D eigenvalue weighted by atomic mass is 9.90. The molecule has 0 saturated carbocycles. The van der Waals surface area contributed by atoms with Crippen molar-refractivity contribution in [2.24, 2.45) is 0 Å². The van der Waals surface area contributed by atoms with Crippen molar-refractivity contribution in [3.8, 4) is 0 Å². The highest BCUT2D eigenvalue weighted by Crippen LogP contribution is 2.35. The average molecular weight is 298 g/mol. The first-order valence-electron chi connectivity index (χ1n) is 5.80. The van der Waals surface area contributed by atoms with Crippen molar-refractivity contribution in [1.82, 2.24) is 4.90 Å². The third kappa shape index (κ3) is 2.11. The van der Waals surface area contributed by atoms with Crippen molar-refractivity contribution in [2.45, 2.75) is 25.3 Å². The van der Waals surface area contributed by atoms with Gasteiger partial charge in [0.15, 0.2) is 0 Å². The van der Waals surface area contributed by atoms with Gasteiger partial charge < -0.3 is 5.11 Å². The molecule has 1 atom stereocenters. The second-order valence-corrected chi connectivity index (χ2v) is 5.41. The smallest absolute Gasteiger partial charge is 0.328 e. The molecule has 1 unspecified atom stereocenters. The van der Waals surface area contributed by atoms with Crippen LogP contribution < -0.4 is 0 Å². The molecule has 1 fully saturated rings. The van der Waals surface area contributed by atoms with E-state index < -0.39 is 11.5 Å². The number of carboxylic acids is 1. The Kier molecular flexibility index (Phi) is 3.54. The van der Waals surface area contributed by atoms with Crippen molar-refractivity contribution in [3.05, 3.63) is 34.3 Å². The molecule has 4 heteroatoms. The lowest BCUT2D eigenvalue weighted by Crippen LogP contribution is -2.48. The molecule has 17 heavy (non-hydrogen) atoms. The fourth-order valence-corrected chi connectivity index (χ4v) is 3.11. The molecule has 1 aromatic rings. The van der Waals surface area contributed by atoms with E-state index in [1.165, 1.54) is 0 Å². The van der Waals surface area contributed by atoms with Crippen LogP contribution in [0, 0.1) is 0 Å². The second kappa shape index (κ2) is 4.78. The van der Waals surface area contributed by atoms with Crippen molar-refractivity contribution >= 4 is 21.9 Å². The number of likely N-dealkylation sites (tertiary alicyclic amines) is 1. The van der Waals surface area contributed by atoms with Crippen LogP contribution in [0.5, 0.6) is 0 Å². The highest BCUT2D eigenvalue weighted by atomic mass is 79.9. The maximum absolute atomic E-state index is 11.7. The van der Waals surface area contributed by atoms with Crippen molar-refractivity contribution in [2.75, 3.05) is 13.1 Å². The van der Waals surface area contributed by atoms with Gasteiger partial charge in [-0.1, -0.05) is 34.1 Å². The zero-order valence-corrected chi connectivity index (χ0v) is 11.4. The summed E-state index contributed by atoms with van der Waals surface area (Å²) < 4.78 is 0.858. The molecule has 0 aromatic heterocycles. The van der Waals surface area contributed by atoms with Crippen LogP contribution in [0.25, 0.3) is 0 Å². The second-order valence-electron chi connectivity index (χ2n) is 4.55. The van der Waals surface area contributed by atoms with E-state index in [2.05, 4.69) is 20.8 Å². The summed E-state index contributed by atoms with van der Waals surface area (Å²) in [5.74, 6) is -0.786. The lowest BCUT2D eigenvalue weighted by molar-refractivity contribution is -0.150. The molecule has 0 aliphatic carbocycles. The van der Waals surface area contributed by atoms with Crippen LogP contribution in [-0.4, -0.2) is 29.1 Å². The minimum atomic E-state index is -0.934. The molecule has 92 valence electrons. The van der Waals surface area contributed by atoms with Crippen LogP contribution in [0.15, 0.2) is 28.7 Å². The zero-order valence-electron chi connectivity index (χ0n) is 9.82. The van der Waals surface area contributed by atoms with Gasteiger partial charge in [0, 0.05) is 4.47 Å². The molecule has 2 rings (SSSR count). The Morgan fingerprint density at radius 1 is 1.35 bits per heavy atom. The average Bonchev–Trinajstić information content (AvgIpc) is 2.82. The van der Waals surface area contributed by atoms with Crippen LogP contribution >= 0.6 is 15.9 Å². The normalized spacial score (nSPS) is 20.1. The standard InChI is InChI=1S/C13H16BrNO2/c1-13(12(16)17,15-8-4-5-9-15)10-6-2-3-7-11(10)14/h2-3,6-7H,4-5,8-9H2,1H3,(H,16,17). The Labute approximate surface area is 110 Å². The zero-order chi connectivity index (χ0) is 12.5. The van der Waals surface area contributed by atoms with Crippen molar-refractivity contribution in [3.63, 3.8) is 0 Å². The van der Waals surface area contributed by atoms with E-state index in [-0.39, 0.29) is 0 Å². The minimum absolute atomic E-state index is 0.786. The summed E-state index contributed by atoms with van der Waals surface area (Å²) >= 11 is 3.46. The molecule has 1 aliphatic heterocycles.